The van der Waals surface area contributed by atoms with E-state index in [1.807, 2.05) is 13.8 Å². The number of rotatable bonds is 36. The van der Waals surface area contributed by atoms with E-state index in [0.29, 0.717) is 19.4 Å². The average Bonchev–Trinajstić information content (AvgIpc) is 3.67. The molecule has 2 unspecified atom stereocenters. The normalized spacial score (nSPS) is 14.4. The van der Waals surface area contributed by atoms with Gasteiger partial charge in [0.2, 0.25) is 11.8 Å². The fraction of sp³-hybridized carbons (Fsp3) is 0.930. The zero-order valence-electron chi connectivity index (χ0n) is 35.5. The Balaban J connectivity index is 0.00000524. The fourth-order valence-corrected chi connectivity index (χ4v) is 7.24. The van der Waals surface area contributed by atoms with Gasteiger partial charge in [0, 0.05) is 19.4 Å². The lowest BCUT2D eigenvalue weighted by Gasteiger charge is -2.37. The van der Waals surface area contributed by atoms with E-state index in [9.17, 15) is 9.59 Å². The Hall–Kier alpha value is -1.72. The molecule has 320 valence electrons. The Morgan fingerprint density at radius 1 is 0.611 bits per heavy atom. The zero-order valence-corrected chi connectivity index (χ0v) is 36.3. The quantitative estimate of drug-likeness (QED) is 0.0312. The molecule has 0 aromatic carbocycles. The molecule has 10 nitrogen and oxygen atoms in total. The third-order valence-corrected chi connectivity index (χ3v) is 10.8. The molecule has 54 heavy (non-hydrogen) atoms. The molecule has 11 heteroatoms. The maximum absolute atomic E-state index is 13.1. The highest BCUT2D eigenvalue weighted by Gasteiger charge is 2.40. The number of nitrogens with one attached hydrogen (secondary N) is 3. The first kappa shape index (κ1) is 52.3. The highest BCUT2D eigenvalue weighted by atomic mass is 32.3. The number of hydrogen-bond acceptors (Lipinski definition) is 6. The van der Waals surface area contributed by atoms with Crippen molar-refractivity contribution in [3.8, 4) is 0 Å². The molecule has 0 radical (unpaired) electrons. The summed E-state index contributed by atoms with van der Waals surface area (Å²) in [6.07, 6.45) is 40.7. The molecule has 0 spiro atoms. The van der Waals surface area contributed by atoms with E-state index in [-0.39, 0.29) is 17.9 Å². The summed E-state index contributed by atoms with van der Waals surface area (Å²) >= 11 is 0. The van der Waals surface area contributed by atoms with Gasteiger partial charge in [0.1, 0.15) is 11.4 Å². The zero-order chi connectivity index (χ0) is 40.2. The Kier molecular flexibility index (Phi) is 34.5. The van der Waals surface area contributed by atoms with Gasteiger partial charge in [-0.25, -0.2) is 0 Å². The highest BCUT2D eigenvalue weighted by Crippen LogP contribution is 2.18. The van der Waals surface area contributed by atoms with Gasteiger partial charge in [0.15, 0.2) is 0 Å². The van der Waals surface area contributed by atoms with Crippen molar-refractivity contribution in [1.82, 2.24) is 16.0 Å². The van der Waals surface area contributed by atoms with E-state index in [1.54, 1.807) is 0 Å². The SMILES string of the molecule is CCCCCCCCCCCCCCCCCC(=O)NC(C)C(C)(NC(=O)CCCCCCCCCCCCCCCCC)C1=NCCN1.O=S(=O)(O)O. The van der Waals surface area contributed by atoms with Gasteiger partial charge < -0.3 is 16.0 Å². The van der Waals surface area contributed by atoms with E-state index in [4.69, 9.17) is 17.5 Å². The fourth-order valence-electron chi connectivity index (χ4n) is 7.24. The van der Waals surface area contributed by atoms with Crippen molar-refractivity contribution >= 4 is 28.0 Å². The number of unbranched alkanes of at least 4 members (excludes halogenated alkanes) is 28. The highest BCUT2D eigenvalue weighted by molar-refractivity contribution is 7.79. The van der Waals surface area contributed by atoms with Crippen LogP contribution in [0.15, 0.2) is 4.99 Å². The summed E-state index contributed by atoms with van der Waals surface area (Å²) in [7, 11) is -4.67. The van der Waals surface area contributed by atoms with Crippen LogP contribution >= 0.6 is 0 Å². The first-order valence-electron chi connectivity index (χ1n) is 22.5. The first-order chi connectivity index (χ1) is 25.9. The number of hydrogen-bond donors (Lipinski definition) is 5. The molecule has 1 aliphatic heterocycles. The number of carbonyl (C=O) groups is 2. The van der Waals surface area contributed by atoms with Crippen molar-refractivity contribution in [2.75, 3.05) is 13.1 Å². The topological polar surface area (TPSA) is 157 Å². The molecular formula is C43H86N4O6S. The predicted octanol–water partition coefficient (Wildman–Crippen LogP) is 11.2. The molecule has 0 saturated carbocycles. The van der Waals surface area contributed by atoms with Crippen molar-refractivity contribution in [2.24, 2.45) is 4.99 Å². The lowest BCUT2D eigenvalue weighted by atomic mass is 9.90. The van der Waals surface area contributed by atoms with Crippen LogP contribution in [0.25, 0.3) is 0 Å². The maximum atomic E-state index is 13.1. The largest absolute Gasteiger partial charge is 0.394 e. The van der Waals surface area contributed by atoms with Crippen LogP contribution in [0.5, 0.6) is 0 Å². The molecular weight excluding hydrogens is 701 g/mol. The number of nitrogens with zero attached hydrogens (tertiary/aromatic N) is 1. The van der Waals surface area contributed by atoms with E-state index >= 15 is 0 Å². The second kappa shape index (κ2) is 35.7. The number of carbonyl (C=O) groups excluding carboxylic acids is 2. The van der Waals surface area contributed by atoms with Crippen LogP contribution < -0.4 is 16.0 Å². The third-order valence-electron chi connectivity index (χ3n) is 10.8. The van der Waals surface area contributed by atoms with Gasteiger partial charge in [0.05, 0.1) is 12.6 Å². The summed E-state index contributed by atoms with van der Waals surface area (Å²) in [6.45, 7) is 10.1. The second-order valence-electron chi connectivity index (χ2n) is 16.0. The van der Waals surface area contributed by atoms with Gasteiger partial charge in [-0.2, -0.15) is 8.42 Å². The van der Waals surface area contributed by atoms with Crippen molar-refractivity contribution in [3.63, 3.8) is 0 Å². The van der Waals surface area contributed by atoms with Crippen LogP contribution in [0.1, 0.15) is 233 Å². The Bertz CT molecular complexity index is 1030. The molecule has 5 N–H and O–H groups in total. The molecule has 2 atom stereocenters. The molecule has 0 aromatic rings. The minimum Gasteiger partial charge on any atom is -0.370 e. The van der Waals surface area contributed by atoms with Gasteiger partial charge in [-0.15, -0.1) is 0 Å². The first-order valence-corrected chi connectivity index (χ1v) is 23.9. The standard InChI is InChI=1S/C43H84N4O2.H2O4S/c1-5-7-9-11-13-15-17-19-21-23-25-27-29-31-33-35-40(48)46-39(3)43(4,42-44-37-38-45-42)47-41(49)36-34-32-30-28-26-24-22-20-18-16-14-12-10-8-6-2;1-5(2,3)4/h39H,5-38H2,1-4H3,(H,44,45)(H,46,48)(H,47,49);(H2,1,2,3,4). The Labute approximate surface area is 333 Å². The summed E-state index contributed by atoms with van der Waals surface area (Å²) in [5, 5.41) is 9.83. The molecule has 0 saturated heterocycles. The van der Waals surface area contributed by atoms with Crippen LogP contribution in [0, 0.1) is 0 Å². The Morgan fingerprint density at radius 2 is 0.907 bits per heavy atom. The van der Waals surface area contributed by atoms with Gasteiger partial charge in [-0.1, -0.05) is 194 Å². The maximum Gasteiger partial charge on any atom is 0.394 e. The van der Waals surface area contributed by atoms with Crippen LogP contribution in [0.4, 0.5) is 0 Å². The lowest BCUT2D eigenvalue weighted by Crippen LogP contribution is -2.66. The van der Waals surface area contributed by atoms with Gasteiger partial charge in [0.25, 0.3) is 0 Å². The lowest BCUT2D eigenvalue weighted by molar-refractivity contribution is -0.125. The van der Waals surface area contributed by atoms with Crippen molar-refractivity contribution in [3.05, 3.63) is 0 Å². The summed E-state index contributed by atoms with van der Waals surface area (Å²) < 4.78 is 31.6. The summed E-state index contributed by atoms with van der Waals surface area (Å²) in [4.78, 5) is 30.6. The molecule has 1 heterocycles. The van der Waals surface area contributed by atoms with Gasteiger partial charge in [-0.3, -0.25) is 23.7 Å². The van der Waals surface area contributed by atoms with Crippen molar-refractivity contribution in [2.45, 2.75) is 245 Å². The van der Waals surface area contributed by atoms with Crippen LogP contribution in [-0.4, -0.2) is 59.8 Å². The van der Waals surface area contributed by atoms with Crippen molar-refractivity contribution in [1.29, 1.82) is 0 Å². The number of amides is 2. The average molecular weight is 787 g/mol. The van der Waals surface area contributed by atoms with E-state index < -0.39 is 15.9 Å². The second-order valence-corrected chi connectivity index (χ2v) is 16.9. The number of amidine groups is 1. The van der Waals surface area contributed by atoms with Crippen LogP contribution in [0.2, 0.25) is 0 Å². The molecule has 0 bridgehead atoms. The van der Waals surface area contributed by atoms with E-state index in [1.165, 1.54) is 167 Å². The molecule has 0 aliphatic carbocycles. The van der Waals surface area contributed by atoms with E-state index in [0.717, 1.165) is 38.1 Å². The minimum atomic E-state index is -4.67. The van der Waals surface area contributed by atoms with Crippen molar-refractivity contribution < 1.29 is 27.1 Å². The molecule has 2 amide bonds. The summed E-state index contributed by atoms with van der Waals surface area (Å²) in [5.41, 5.74) is -0.728. The Morgan fingerprint density at radius 3 is 1.20 bits per heavy atom. The van der Waals surface area contributed by atoms with Crippen LogP contribution in [0.3, 0.4) is 0 Å². The van der Waals surface area contributed by atoms with Gasteiger partial charge >= 0.3 is 10.4 Å². The van der Waals surface area contributed by atoms with E-state index in [2.05, 4.69) is 34.8 Å². The van der Waals surface area contributed by atoms with Gasteiger partial charge in [-0.05, 0) is 26.7 Å². The summed E-state index contributed by atoms with van der Waals surface area (Å²) in [6, 6.07) is -0.245. The summed E-state index contributed by atoms with van der Waals surface area (Å²) in [5.74, 6) is 0.915. The third kappa shape index (κ3) is 33.6. The smallest absolute Gasteiger partial charge is 0.370 e. The number of aliphatic imine (C=N–C) groups is 1. The minimum absolute atomic E-state index is 0.0529. The molecule has 0 fully saturated rings. The predicted molar refractivity (Wildman–Crippen MR) is 228 cm³/mol. The molecule has 0 aromatic heterocycles. The van der Waals surface area contributed by atoms with Crippen LogP contribution in [-0.2, 0) is 20.0 Å². The molecule has 1 rings (SSSR count). The monoisotopic (exact) mass is 787 g/mol. The molecule has 1 aliphatic rings.